The third-order valence-corrected chi connectivity index (χ3v) is 3.73. The highest BCUT2D eigenvalue weighted by atomic mass is 15.3. The van der Waals surface area contributed by atoms with Gasteiger partial charge >= 0.3 is 0 Å². The van der Waals surface area contributed by atoms with Crippen molar-refractivity contribution >= 4 is 11.4 Å². The molecule has 1 fully saturated rings. The summed E-state index contributed by atoms with van der Waals surface area (Å²) in [5, 5.41) is 16.5. The van der Waals surface area contributed by atoms with Crippen molar-refractivity contribution in [1.29, 1.82) is 5.26 Å². The molecule has 0 unspecified atom stereocenters. The second kappa shape index (κ2) is 5.83. The number of nitriles is 1. The fraction of sp³-hybridized carbons (Fsp3) is 0.400. The van der Waals surface area contributed by atoms with Crippen molar-refractivity contribution in [3.63, 3.8) is 0 Å². The zero-order valence-corrected chi connectivity index (χ0v) is 12.0. The van der Waals surface area contributed by atoms with Gasteiger partial charge < -0.3 is 10.2 Å². The first-order chi connectivity index (χ1) is 10.2. The summed E-state index contributed by atoms with van der Waals surface area (Å²) in [4.78, 5) is 6.45. The molecule has 0 bridgehead atoms. The highest BCUT2D eigenvalue weighted by Crippen LogP contribution is 2.21. The van der Waals surface area contributed by atoms with Gasteiger partial charge in [-0.05, 0) is 25.0 Å². The van der Waals surface area contributed by atoms with Gasteiger partial charge in [0.05, 0.1) is 23.8 Å². The third-order valence-electron chi connectivity index (χ3n) is 3.73. The Morgan fingerprint density at radius 1 is 1.38 bits per heavy atom. The summed E-state index contributed by atoms with van der Waals surface area (Å²) >= 11 is 0. The van der Waals surface area contributed by atoms with Crippen LogP contribution in [0.25, 0.3) is 0 Å². The van der Waals surface area contributed by atoms with Crippen molar-refractivity contribution in [2.75, 3.05) is 23.3 Å². The van der Waals surface area contributed by atoms with Gasteiger partial charge in [-0.1, -0.05) is 0 Å². The van der Waals surface area contributed by atoms with Gasteiger partial charge in [-0.25, -0.2) is 4.98 Å². The Balaban J connectivity index is 1.64. The molecule has 1 atom stereocenters. The van der Waals surface area contributed by atoms with Gasteiger partial charge in [-0.3, -0.25) is 4.68 Å². The van der Waals surface area contributed by atoms with Crippen molar-refractivity contribution in [3.8, 4) is 6.07 Å². The number of rotatable bonds is 3. The number of pyridine rings is 1. The first-order valence-electron chi connectivity index (χ1n) is 7.11. The number of aryl methyl sites for hydroxylation is 1. The Morgan fingerprint density at radius 2 is 2.29 bits per heavy atom. The highest BCUT2D eigenvalue weighted by Gasteiger charge is 2.20. The second-order valence-electron chi connectivity index (χ2n) is 5.35. The summed E-state index contributed by atoms with van der Waals surface area (Å²) in [6, 6.07) is 6.07. The number of aromatic nitrogens is 3. The molecule has 0 aromatic carbocycles. The fourth-order valence-corrected chi connectivity index (χ4v) is 2.68. The largest absolute Gasteiger partial charge is 0.379 e. The summed E-state index contributed by atoms with van der Waals surface area (Å²) in [6.07, 6.45) is 7.96. The van der Waals surface area contributed by atoms with E-state index in [1.54, 1.807) is 12.3 Å². The van der Waals surface area contributed by atoms with Crippen molar-refractivity contribution in [2.24, 2.45) is 7.05 Å². The number of piperidine rings is 1. The molecular weight excluding hydrogens is 264 g/mol. The molecule has 2 aromatic heterocycles. The summed E-state index contributed by atoms with van der Waals surface area (Å²) in [7, 11) is 1.94. The second-order valence-corrected chi connectivity index (χ2v) is 5.35. The maximum absolute atomic E-state index is 8.77. The van der Waals surface area contributed by atoms with Crippen LogP contribution in [0, 0.1) is 11.3 Å². The topological polar surface area (TPSA) is 69.8 Å². The summed E-state index contributed by atoms with van der Waals surface area (Å²) in [5.41, 5.74) is 2.58. The van der Waals surface area contributed by atoms with E-state index in [-0.39, 0.29) is 0 Å². The van der Waals surface area contributed by atoms with E-state index in [0.717, 1.165) is 31.6 Å². The molecule has 1 aliphatic rings. The van der Waals surface area contributed by atoms with E-state index in [2.05, 4.69) is 20.3 Å². The van der Waals surface area contributed by atoms with E-state index >= 15 is 0 Å². The Morgan fingerprint density at radius 3 is 2.95 bits per heavy atom. The molecule has 6 nitrogen and oxygen atoms in total. The quantitative estimate of drug-likeness (QED) is 0.929. The lowest BCUT2D eigenvalue weighted by Crippen LogP contribution is -2.42. The van der Waals surface area contributed by atoms with Crippen molar-refractivity contribution in [2.45, 2.75) is 18.9 Å². The number of hydrogen-bond donors (Lipinski definition) is 1. The normalized spacial score (nSPS) is 18.3. The molecule has 1 saturated heterocycles. The minimum absolute atomic E-state index is 0.383. The predicted octanol–water partition coefficient (Wildman–Crippen LogP) is 1.77. The van der Waals surface area contributed by atoms with Gasteiger partial charge in [-0.15, -0.1) is 0 Å². The van der Waals surface area contributed by atoms with Crippen molar-refractivity contribution in [3.05, 3.63) is 36.4 Å². The monoisotopic (exact) mass is 282 g/mol. The molecule has 0 spiro atoms. The summed E-state index contributed by atoms with van der Waals surface area (Å²) < 4.78 is 1.83. The van der Waals surface area contributed by atoms with E-state index in [1.807, 2.05) is 36.3 Å². The lowest BCUT2D eigenvalue weighted by Gasteiger charge is -2.34. The maximum atomic E-state index is 8.77. The van der Waals surface area contributed by atoms with E-state index in [0.29, 0.717) is 11.7 Å². The van der Waals surface area contributed by atoms with Crippen LogP contribution in [0.4, 0.5) is 11.4 Å². The molecule has 0 saturated carbocycles. The maximum Gasteiger partial charge on any atom is 0.140 e. The molecule has 1 N–H and O–H groups in total. The van der Waals surface area contributed by atoms with Gasteiger partial charge in [-0.2, -0.15) is 10.4 Å². The fourth-order valence-electron chi connectivity index (χ4n) is 2.68. The van der Waals surface area contributed by atoms with E-state index in [9.17, 15) is 0 Å². The van der Waals surface area contributed by atoms with E-state index in [4.69, 9.17) is 5.26 Å². The summed E-state index contributed by atoms with van der Waals surface area (Å²) in [6.45, 7) is 2.02. The van der Waals surface area contributed by atoms with Crippen LogP contribution in [-0.2, 0) is 7.05 Å². The van der Waals surface area contributed by atoms with Gasteiger partial charge in [0, 0.05) is 32.4 Å². The van der Waals surface area contributed by atoms with Crippen LogP contribution in [0.2, 0.25) is 0 Å². The van der Waals surface area contributed by atoms with Crippen LogP contribution < -0.4 is 10.2 Å². The minimum atomic E-state index is 0.383. The minimum Gasteiger partial charge on any atom is -0.379 e. The third kappa shape index (κ3) is 3.14. The van der Waals surface area contributed by atoms with Gasteiger partial charge in [0.1, 0.15) is 11.8 Å². The first kappa shape index (κ1) is 13.4. The van der Waals surface area contributed by atoms with Crippen LogP contribution in [0.1, 0.15) is 18.5 Å². The average Bonchev–Trinajstić information content (AvgIpc) is 2.95. The standard InChI is InChI=1S/C15H18N6/c1-20-11-15(9-18-20)21-6-2-3-14(10-21)19-13-5-4-12(7-16)17-8-13/h4-5,8-9,11,14,19H,2-3,6,10H2,1H3/t14-/m1/s1. The average molecular weight is 282 g/mol. The number of hydrogen-bond acceptors (Lipinski definition) is 5. The molecule has 0 aliphatic carbocycles. The zero-order valence-electron chi connectivity index (χ0n) is 12.0. The van der Waals surface area contributed by atoms with Crippen LogP contribution in [0.5, 0.6) is 0 Å². The van der Waals surface area contributed by atoms with Crippen LogP contribution in [0.15, 0.2) is 30.7 Å². The SMILES string of the molecule is Cn1cc(N2CCC[C@@H](Nc3ccc(C#N)nc3)C2)cn1. The van der Waals surface area contributed by atoms with Crippen LogP contribution in [0.3, 0.4) is 0 Å². The van der Waals surface area contributed by atoms with Crippen molar-refractivity contribution < 1.29 is 0 Å². The molecule has 3 rings (SSSR count). The molecule has 108 valence electrons. The molecule has 6 heteroatoms. The van der Waals surface area contributed by atoms with Crippen molar-refractivity contribution in [1.82, 2.24) is 14.8 Å². The number of anilines is 2. The Labute approximate surface area is 124 Å². The molecule has 2 aromatic rings. The van der Waals surface area contributed by atoms with E-state index < -0.39 is 0 Å². The van der Waals surface area contributed by atoms with Crippen LogP contribution in [-0.4, -0.2) is 33.9 Å². The number of nitrogens with zero attached hydrogens (tertiary/aromatic N) is 5. The lowest BCUT2D eigenvalue weighted by atomic mass is 10.1. The van der Waals surface area contributed by atoms with Gasteiger partial charge in [0.15, 0.2) is 0 Å². The Bertz CT molecular complexity index is 639. The Kier molecular flexibility index (Phi) is 3.73. The first-order valence-corrected chi connectivity index (χ1v) is 7.11. The van der Waals surface area contributed by atoms with Gasteiger partial charge in [0.2, 0.25) is 0 Å². The predicted molar refractivity (Wildman–Crippen MR) is 81.0 cm³/mol. The summed E-state index contributed by atoms with van der Waals surface area (Å²) in [5.74, 6) is 0. The van der Waals surface area contributed by atoms with Gasteiger partial charge in [0.25, 0.3) is 0 Å². The molecule has 0 radical (unpaired) electrons. The Hall–Kier alpha value is -2.55. The molecule has 0 amide bonds. The molecular formula is C15H18N6. The highest BCUT2D eigenvalue weighted by molar-refractivity contribution is 5.47. The van der Waals surface area contributed by atoms with E-state index in [1.165, 1.54) is 5.69 Å². The molecule has 3 heterocycles. The number of nitrogens with one attached hydrogen (secondary N) is 1. The molecule has 21 heavy (non-hydrogen) atoms. The molecule has 1 aliphatic heterocycles. The van der Waals surface area contributed by atoms with Crippen LogP contribution >= 0.6 is 0 Å². The smallest absolute Gasteiger partial charge is 0.140 e. The lowest BCUT2D eigenvalue weighted by molar-refractivity contribution is 0.530. The zero-order chi connectivity index (χ0) is 14.7.